The molecule has 6 heteroatoms. The van der Waals surface area contributed by atoms with Gasteiger partial charge in [-0.1, -0.05) is 19.3 Å². The van der Waals surface area contributed by atoms with Gasteiger partial charge in [-0.2, -0.15) is 0 Å². The lowest BCUT2D eigenvalue weighted by Crippen LogP contribution is -2.52. The SMILES string of the molecule is CC1(NC(=O)NC(=O)CC(C)(C)C(=O)O)CCCCC1. The molecule has 0 aromatic rings. The molecule has 1 aliphatic rings. The molecule has 0 bridgehead atoms. The normalized spacial score (nSPS) is 18.1. The molecule has 0 spiro atoms. The van der Waals surface area contributed by atoms with Crippen LogP contribution < -0.4 is 10.6 Å². The first-order valence-electron chi connectivity index (χ1n) is 7.00. The van der Waals surface area contributed by atoms with Gasteiger partial charge in [-0.25, -0.2) is 4.79 Å². The zero-order valence-corrected chi connectivity index (χ0v) is 12.4. The molecule has 1 saturated carbocycles. The minimum Gasteiger partial charge on any atom is -0.481 e. The zero-order chi connectivity index (χ0) is 15.4. The van der Waals surface area contributed by atoms with Crippen molar-refractivity contribution in [2.24, 2.45) is 5.41 Å². The molecular weight excluding hydrogens is 260 g/mol. The summed E-state index contributed by atoms with van der Waals surface area (Å²) in [6.45, 7) is 4.88. The lowest BCUT2D eigenvalue weighted by molar-refractivity contribution is -0.149. The van der Waals surface area contributed by atoms with Crippen LogP contribution in [0, 0.1) is 5.41 Å². The Labute approximate surface area is 119 Å². The van der Waals surface area contributed by atoms with E-state index in [-0.39, 0.29) is 12.0 Å². The van der Waals surface area contributed by atoms with Gasteiger partial charge in [0.15, 0.2) is 0 Å². The third kappa shape index (κ3) is 4.83. The number of carboxylic acid groups (broad SMARTS) is 1. The molecule has 0 radical (unpaired) electrons. The third-order valence-electron chi connectivity index (χ3n) is 3.81. The summed E-state index contributed by atoms with van der Waals surface area (Å²) in [6.07, 6.45) is 4.87. The summed E-state index contributed by atoms with van der Waals surface area (Å²) in [5.41, 5.74) is -1.45. The van der Waals surface area contributed by atoms with E-state index in [4.69, 9.17) is 5.11 Å². The van der Waals surface area contributed by atoms with Gasteiger partial charge >= 0.3 is 12.0 Å². The standard InChI is InChI=1S/C14H24N2O4/c1-13(2,11(18)19)9-10(17)15-12(20)16-14(3)7-5-4-6-8-14/h4-9H2,1-3H3,(H,18,19)(H2,15,16,17,20). The van der Waals surface area contributed by atoms with Gasteiger partial charge in [0.2, 0.25) is 5.91 Å². The number of hydrogen-bond donors (Lipinski definition) is 3. The monoisotopic (exact) mass is 284 g/mol. The highest BCUT2D eigenvalue weighted by atomic mass is 16.4. The van der Waals surface area contributed by atoms with E-state index in [9.17, 15) is 14.4 Å². The fourth-order valence-corrected chi connectivity index (χ4v) is 2.41. The van der Waals surface area contributed by atoms with Crippen LogP contribution in [0.5, 0.6) is 0 Å². The molecule has 3 N–H and O–H groups in total. The van der Waals surface area contributed by atoms with E-state index in [1.807, 2.05) is 6.92 Å². The Kier molecular flexibility index (Phi) is 5.14. The smallest absolute Gasteiger partial charge is 0.321 e. The minimum atomic E-state index is -1.18. The van der Waals surface area contributed by atoms with Crippen molar-refractivity contribution < 1.29 is 19.5 Å². The van der Waals surface area contributed by atoms with Gasteiger partial charge in [0.1, 0.15) is 0 Å². The summed E-state index contributed by atoms with van der Waals surface area (Å²) in [4.78, 5) is 34.4. The van der Waals surface area contributed by atoms with Crippen molar-refractivity contribution in [1.29, 1.82) is 0 Å². The van der Waals surface area contributed by atoms with Crippen molar-refractivity contribution in [2.75, 3.05) is 0 Å². The summed E-state index contributed by atoms with van der Waals surface area (Å²) < 4.78 is 0. The molecule has 0 aromatic heterocycles. The molecule has 1 fully saturated rings. The summed E-state index contributed by atoms with van der Waals surface area (Å²) in [7, 11) is 0. The van der Waals surface area contributed by atoms with Crippen molar-refractivity contribution >= 4 is 17.9 Å². The Bertz CT molecular complexity index is 398. The predicted molar refractivity (Wildman–Crippen MR) is 74.2 cm³/mol. The van der Waals surface area contributed by atoms with E-state index in [1.165, 1.54) is 20.3 Å². The van der Waals surface area contributed by atoms with Crippen molar-refractivity contribution in [3.05, 3.63) is 0 Å². The zero-order valence-electron chi connectivity index (χ0n) is 12.4. The molecule has 6 nitrogen and oxygen atoms in total. The summed E-state index contributed by atoms with van der Waals surface area (Å²) in [6, 6.07) is -0.541. The molecule has 0 aromatic carbocycles. The average Bonchev–Trinajstić information content (AvgIpc) is 2.27. The number of carbonyl (C=O) groups excluding carboxylic acids is 2. The molecule has 1 aliphatic carbocycles. The Hall–Kier alpha value is -1.59. The van der Waals surface area contributed by atoms with Crippen LogP contribution in [0.2, 0.25) is 0 Å². The molecule has 3 amide bonds. The van der Waals surface area contributed by atoms with Crippen molar-refractivity contribution in [1.82, 2.24) is 10.6 Å². The molecule has 0 heterocycles. The van der Waals surface area contributed by atoms with E-state index in [2.05, 4.69) is 10.6 Å². The topological polar surface area (TPSA) is 95.5 Å². The molecule has 0 aliphatic heterocycles. The lowest BCUT2D eigenvalue weighted by Gasteiger charge is -2.34. The molecule has 114 valence electrons. The van der Waals surface area contributed by atoms with E-state index >= 15 is 0 Å². The Morgan fingerprint density at radius 2 is 1.70 bits per heavy atom. The van der Waals surface area contributed by atoms with Gasteiger partial charge < -0.3 is 10.4 Å². The van der Waals surface area contributed by atoms with Crippen LogP contribution in [0.4, 0.5) is 4.79 Å². The predicted octanol–water partition coefficient (Wildman–Crippen LogP) is 2.04. The van der Waals surface area contributed by atoms with Gasteiger partial charge in [0.05, 0.1) is 5.41 Å². The number of carbonyl (C=O) groups is 3. The second-order valence-electron chi connectivity index (χ2n) is 6.49. The summed E-state index contributed by atoms with van der Waals surface area (Å²) in [5.74, 6) is -1.64. The molecule has 1 rings (SSSR count). The van der Waals surface area contributed by atoms with Gasteiger partial charge in [0, 0.05) is 12.0 Å². The first-order valence-corrected chi connectivity index (χ1v) is 7.00. The van der Waals surface area contributed by atoms with Gasteiger partial charge in [0.25, 0.3) is 0 Å². The van der Waals surface area contributed by atoms with Gasteiger partial charge in [-0.3, -0.25) is 14.9 Å². The second-order valence-corrected chi connectivity index (χ2v) is 6.49. The van der Waals surface area contributed by atoms with Crippen LogP contribution in [0.1, 0.15) is 59.3 Å². The van der Waals surface area contributed by atoms with Crippen molar-refractivity contribution in [2.45, 2.75) is 64.8 Å². The number of hydrogen-bond acceptors (Lipinski definition) is 3. The second kappa shape index (κ2) is 6.24. The number of amides is 3. The number of nitrogens with one attached hydrogen (secondary N) is 2. The molecule has 0 unspecified atom stereocenters. The van der Waals surface area contributed by atoms with Gasteiger partial charge in [-0.15, -0.1) is 0 Å². The maximum atomic E-state index is 11.8. The number of rotatable bonds is 4. The number of carboxylic acids is 1. The minimum absolute atomic E-state index is 0.230. The highest BCUT2D eigenvalue weighted by molar-refractivity contribution is 5.96. The van der Waals surface area contributed by atoms with Gasteiger partial charge in [-0.05, 0) is 33.6 Å². The maximum absolute atomic E-state index is 11.8. The van der Waals surface area contributed by atoms with Crippen LogP contribution in [0.15, 0.2) is 0 Å². The highest BCUT2D eigenvalue weighted by Gasteiger charge is 2.32. The van der Waals surface area contributed by atoms with Crippen LogP contribution in [0.25, 0.3) is 0 Å². The summed E-state index contributed by atoms with van der Waals surface area (Å²) in [5, 5.41) is 14.0. The fourth-order valence-electron chi connectivity index (χ4n) is 2.41. The first-order chi connectivity index (χ1) is 9.15. The van der Waals surface area contributed by atoms with Crippen molar-refractivity contribution in [3.8, 4) is 0 Å². The van der Waals surface area contributed by atoms with E-state index in [0.29, 0.717) is 0 Å². The van der Waals surface area contributed by atoms with Crippen molar-refractivity contribution in [3.63, 3.8) is 0 Å². The van der Waals surface area contributed by atoms with Crippen LogP contribution >= 0.6 is 0 Å². The van der Waals surface area contributed by atoms with Crippen LogP contribution in [-0.2, 0) is 9.59 Å². The maximum Gasteiger partial charge on any atom is 0.321 e. The Morgan fingerprint density at radius 1 is 1.15 bits per heavy atom. The molecular formula is C14H24N2O4. The number of imide groups is 1. The largest absolute Gasteiger partial charge is 0.481 e. The highest BCUT2D eigenvalue weighted by Crippen LogP contribution is 2.27. The Morgan fingerprint density at radius 3 is 2.20 bits per heavy atom. The van der Waals surface area contributed by atoms with E-state index < -0.39 is 23.3 Å². The summed E-state index contributed by atoms with van der Waals surface area (Å²) >= 11 is 0. The van der Waals surface area contributed by atoms with E-state index in [0.717, 1.165) is 25.7 Å². The quantitative estimate of drug-likeness (QED) is 0.736. The Balaban J connectivity index is 2.46. The van der Waals surface area contributed by atoms with Crippen LogP contribution in [0.3, 0.4) is 0 Å². The third-order valence-corrected chi connectivity index (χ3v) is 3.81. The molecule has 20 heavy (non-hydrogen) atoms. The lowest BCUT2D eigenvalue weighted by atomic mass is 9.83. The van der Waals surface area contributed by atoms with Crippen LogP contribution in [-0.4, -0.2) is 28.6 Å². The first kappa shape index (κ1) is 16.5. The number of aliphatic carboxylic acids is 1. The molecule has 0 saturated heterocycles. The van der Waals surface area contributed by atoms with E-state index in [1.54, 1.807) is 0 Å². The average molecular weight is 284 g/mol. The number of urea groups is 1. The molecule has 0 atom stereocenters. The fraction of sp³-hybridized carbons (Fsp3) is 0.786.